The molecule has 0 atom stereocenters. The zero-order chi connectivity index (χ0) is 18.4. The predicted octanol–water partition coefficient (Wildman–Crippen LogP) is 2.53. The van der Waals surface area contributed by atoms with Crippen LogP contribution in [0.15, 0.2) is 18.2 Å². The van der Waals surface area contributed by atoms with Gasteiger partial charge in [0.05, 0.1) is 23.3 Å². The summed E-state index contributed by atoms with van der Waals surface area (Å²) in [6.07, 6.45) is 0. The van der Waals surface area contributed by atoms with E-state index in [0.717, 1.165) is 16.4 Å². The lowest BCUT2D eigenvalue weighted by Gasteiger charge is -2.32. The third-order valence-electron chi connectivity index (χ3n) is 5.07. The van der Waals surface area contributed by atoms with Crippen molar-refractivity contribution in [2.24, 2.45) is 0 Å². The molecule has 0 aliphatic carbocycles. The summed E-state index contributed by atoms with van der Waals surface area (Å²) < 4.78 is 19.2. The number of rotatable bonds is 4. The fourth-order valence-corrected chi connectivity index (χ4v) is 2.91. The molecule has 3 rings (SSSR count). The van der Waals surface area contributed by atoms with E-state index < -0.39 is 24.3 Å². The van der Waals surface area contributed by atoms with Crippen molar-refractivity contribution in [3.8, 4) is 0 Å². The topological polar surface area (TPSA) is 62.6 Å². The second-order valence-corrected chi connectivity index (χ2v) is 7.25. The van der Waals surface area contributed by atoms with Crippen LogP contribution in [0.4, 0.5) is 0 Å². The Hall–Kier alpha value is -1.86. The van der Waals surface area contributed by atoms with Gasteiger partial charge < -0.3 is 14.0 Å². The van der Waals surface area contributed by atoms with Crippen LogP contribution >= 0.6 is 0 Å². The van der Waals surface area contributed by atoms with Gasteiger partial charge in [-0.05, 0) is 53.1 Å². The lowest BCUT2D eigenvalue weighted by atomic mass is 9.78. The molecule has 0 amide bonds. The molecule has 1 aromatic heterocycles. The molecule has 25 heavy (non-hydrogen) atoms. The van der Waals surface area contributed by atoms with Crippen molar-refractivity contribution in [2.75, 3.05) is 6.61 Å². The van der Waals surface area contributed by atoms with Crippen molar-refractivity contribution in [2.45, 2.75) is 59.3 Å². The van der Waals surface area contributed by atoms with Gasteiger partial charge in [0.25, 0.3) is 0 Å². The Balaban J connectivity index is 2.05. The Morgan fingerprint density at radius 3 is 2.40 bits per heavy atom. The molecule has 0 radical (unpaired) electrons. The summed E-state index contributed by atoms with van der Waals surface area (Å²) in [5, 5.41) is 5.17. The van der Waals surface area contributed by atoms with E-state index in [1.54, 1.807) is 11.6 Å². The molecule has 2 heterocycles. The number of esters is 1. The number of fused-ring (bicyclic) bond motifs is 1. The van der Waals surface area contributed by atoms with Gasteiger partial charge in [0.15, 0.2) is 5.69 Å². The van der Waals surface area contributed by atoms with E-state index >= 15 is 0 Å². The average molecular weight is 344 g/mol. The van der Waals surface area contributed by atoms with Crippen LogP contribution in [0.3, 0.4) is 0 Å². The van der Waals surface area contributed by atoms with Crippen molar-refractivity contribution < 1.29 is 18.8 Å². The Kier molecular flexibility index (Phi) is 4.41. The molecule has 1 saturated heterocycles. The Labute approximate surface area is 148 Å². The highest BCUT2D eigenvalue weighted by Crippen LogP contribution is 2.36. The van der Waals surface area contributed by atoms with E-state index in [0.29, 0.717) is 18.8 Å². The first-order valence-corrected chi connectivity index (χ1v) is 8.73. The zero-order valence-electron chi connectivity index (χ0n) is 15.8. The number of hydrogen-bond acceptors (Lipinski definition) is 5. The van der Waals surface area contributed by atoms with Crippen molar-refractivity contribution in [3.05, 3.63) is 23.9 Å². The minimum absolute atomic E-state index is 0.316. The summed E-state index contributed by atoms with van der Waals surface area (Å²) in [6.45, 7) is 12.8. The highest BCUT2D eigenvalue weighted by atomic mass is 16.7. The lowest BCUT2D eigenvalue weighted by Crippen LogP contribution is -2.41. The van der Waals surface area contributed by atoms with Crippen LogP contribution in [0, 0.1) is 0 Å². The molecule has 1 aromatic carbocycles. The summed E-state index contributed by atoms with van der Waals surface area (Å²) >= 11 is 0. The molecule has 2 aromatic rings. The van der Waals surface area contributed by atoms with Crippen LogP contribution in [-0.4, -0.2) is 40.7 Å². The lowest BCUT2D eigenvalue weighted by molar-refractivity contribution is 0.00578. The Morgan fingerprint density at radius 1 is 1.20 bits per heavy atom. The first kappa shape index (κ1) is 18.0. The van der Waals surface area contributed by atoms with Crippen LogP contribution < -0.4 is 5.46 Å². The summed E-state index contributed by atoms with van der Waals surface area (Å²) in [7, 11) is -0.477. The van der Waals surface area contributed by atoms with Gasteiger partial charge in [-0.3, -0.25) is 4.68 Å². The van der Waals surface area contributed by atoms with Crippen LogP contribution in [0.1, 0.15) is 52.0 Å². The summed E-state index contributed by atoms with van der Waals surface area (Å²) in [5.41, 5.74) is 1.27. The zero-order valence-corrected chi connectivity index (χ0v) is 15.8. The maximum absolute atomic E-state index is 12.3. The van der Waals surface area contributed by atoms with Crippen LogP contribution in [0.5, 0.6) is 0 Å². The molecule has 0 bridgehead atoms. The minimum Gasteiger partial charge on any atom is -0.461 e. The van der Waals surface area contributed by atoms with Crippen LogP contribution in [0.25, 0.3) is 10.9 Å². The van der Waals surface area contributed by atoms with E-state index in [1.165, 1.54) is 0 Å². The SMILES string of the molecule is CCOC(=O)c1nn(CC)c2ccc(B3OC(C)(C)C(C)(C)O3)cc12. The van der Waals surface area contributed by atoms with Crippen molar-refractivity contribution in [1.82, 2.24) is 9.78 Å². The molecule has 0 saturated carbocycles. The van der Waals surface area contributed by atoms with Gasteiger partial charge in [-0.15, -0.1) is 0 Å². The predicted molar refractivity (Wildman–Crippen MR) is 97.1 cm³/mol. The van der Waals surface area contributed by atoms with Gasteiger partial charge in [-0.2, -0.15) is 5.10 Å². The van der Waals surface area contributed by atoms with Crippen LogP contribution in [-0.2, 0) is 20.6 Å². The minimum atomic E-state index is -0.477. The quantitative estimate of drug-likeness (QED) is 0.630. The highest BCUT2D eigenvalue weighted by molar-refractivity contribution is 6.62. The Morgan fingerprint density at radius 2 is 1.84 bits per heavy atom. The number of ether oxygens (including phenoxy) is 1. The van der Waals surface area contributed by atoms with Crippen molar-refractivity contribution in [1.29, 1.82) is 0 Å². The first-order chi connectivity index (χ1) is 11.7. The van der Waals surface area contributed by atoms with Crippen molar-refractivity contribution in [3.63, 3.8) is 0 Å². The standard InChI is InChI=1S/C18H25BN2O4/c1-7-21-14-10-9-12(19-24-17(3,4)18(5,6)25-19)11-13(14)15(20-21)16(22)23-8-2/h9-11H,7-8H2,1-6H3. The number of nitrogens with zero attached hydrogens (tertiary/aromatic N) is 2. The number of carbonyl (C=O) groups excluding carboxylic acids is 1. The monoisotopic (exact) mass is 344 g/mol. The molecule has 1 aliphatic heterocycles. The molecule has 1 aliphatic rings. The van der Waals surface area contributed by atoms with E-state index in [1.807, 2.05) is 52.8 Å². The summed E-state index contributed by atoms with van der Waals surface area (Å²) in [4.78, 5) is 12.3. The molecular weight excluding hydrogens is 319 g/mol. The highest BCUT2D eigenvalue weighted by Gasteiger charge is 2.51. The second-order valence-electron chi connectivity index (χ2n) is 7.25. The third kappa shape index (κ3) is 2.96. The smallest absolute Gasteiger partial charge is 0.461 e. The molecule has 1 fully saturated rings. The molecule has 6 nitrogen and oxygen atoms in total. The van der Waals surface area contributed by atoms with Gasteiger partial charge >= 0.3 is 13.1 Å². The molecule has 0 unspecified atom stereocenters. The van der Waals surface area contributed by atoms with E-state index in [4.69, 9.17) is 14.0 Å². The molecular formula is C18H25BN2O4. The average Bonchev–Trinajstić information content (AvgIpc) is 3.01. The maximum Gasteiger partial charge on any atom is 0.494 e. The summed E-state index contributed by atoms with van der Waals surface area (Å²) in [6, 6.07) is 5.84. The van der Waals surface area contributed by atoms with Gasteiger partial charge in [0.2, 0.25) is 0 Å². The number of carbonyl (C=O) groups is 1. The number of benzene rings is 1. The molecule has 0 spiro atoms. The van der Waals surface area contributed by atoms with Crippen LogP contribution in [0.2, 0.25) is 0 Å². The van der Waals surface area contributed by atoms with E-state index in [2.05, 4.69) is 5.10 Å². The second kappa shape index (κ2) is 6.14. The first-order valence-electron chi connectivity index (χ1n) is 8.73. The molecule has 134 valence electrons. The number of hydrogen-bond donors (Lipinski definition) is 0. The Bertz CT molecular complexity index is 797. The molecule has 0 N–H and O–H groups in total. The molecule has 7 heteroatoms. The van der Waals surface area contributed by atoms with Gasteiger partial charge in [-0.1, -0.05) is 12.1 Å². The number of aryl methyl sites for hydroxylation is 1. The largest absolute Gasteiger partial charge is 0.494 e. The summed E-state index contributed by atoms with van der Waals surface area (Å²) in [5.74, 6) is -0.411. The van der Waals surface area contributed by atoms with Gasteiger partial charge in [0, 0.05) is 11.9 Å². The van der Waals surface area contributed by atoms with Gasteiger partial charge in [-0.25, -0.2) is 4.79 Å². The van der Waals surface area contributed by atoms with E-state index in [9.17, 15) is 4.79 Å². The fourth-order valence-electron chi connectivity index (χ4n) is 2.91. The third-order valence-corrected chi connectivity index (χ3v) is 5.07. The van der Waals surface area contributed by atoms with Crippen molar-refractivity contribution >= 4 is 29.5 Å². The maximum atomic E-state index is 12.3. The van der Waals surface area contributed by atoms with E-state index in [-0.39, 0.29) is 0 Å². The fraction of sp³-hybridized carbons (Fsp3) is 0.556. The normalized spacial score (nSPS) is 18.7. The van der Waals surface area contributed by atoms with Gasteiger partial charge in [0.1, 0.15) is 0 Å². The number of aromatic nitrogens is 2.